The van der Waals surface area contributed by atoms with Crippen LogP contribution in [-0.2, 0) is 0 Å². The molecule has 0 radical (unpaired) electrons. The molecule has 0 amide bonds. The molecule has 0 aliphatic rings. The van der Waals surface area contributed by atoms with E-state index in [1.54, 1.807) is 6.20 Å². The average molecular weight is 331 g/mol. The predicted molar refractivity (Wildman–Crippen MR) is 84.9 cm³/mol. The first-order valence-electron chi connectivity index (χ1n) is 6.51. The minimum atomic E-state index is 0.0883. The fraction of sp³-hybridized carbons (Fsp3) is 0.188. The lowest BCUT2D eigenvalue weighted by molar-refractivity contribution is 0.522. The third-order valence-corrected chi connectivity index (χ3v) is 3.85. The molecular formula is C16H15BrN2O. The van der Waals surface area contributed by atoms with Crippen LogP contribution in [0, 0.1) is 6.92 Å². The van der Waals surface area contributed by atoms with Gasteiger partial charge in [-0.2, -0.15) is 0 Å². The zero-order chi connectivity index (χ0) is 14.1. The Balaban J connectivity index is 1.90. The maximum atomic E-state index is 5.96. The number of para-hydroxylation sites is 1. The first-order valence-corrected chi connectivity index (χ1v) is 7.30. The number of hydrogen-bond donors (Lipinski definition) is 1. The standard InChI is InChI=1S/C16H15BrN2O/c1-10-13-5-3-4-6-14(13)20-16(10)11(2)19-12-7-8-15(17)18-9-12/h3-9,11,19H,1-2H3. The second kappa shape index (κ2) is 5.29. The summed E-state index contributed by atoms with van der Waals surface area (Å²) < 4.78 is 6.79. The van der Waals surface area contributed by atoms with Gasteiger partial charge in [-0.3, -0.25) is 0 Å². The molecule has 3 aromatic rings. The number of benzene rings is 1. The molecule has 102 valence electrons. The van der Waals surface area contributed by atoms with Gasteiger partial charge >= 0.3 is 0 Å². The highest BCUT2D eigenvalue weighted by Gasteiger charge is 2.16. The molecule has 0 aliphatic heterocycles. The molecule has 3 rings (SSSR count). The topological polar surface area (TPSA) is 38.1 Å². The van der Waals surface area contributed by atoms with Crippen molar-refractivity contribution in [2.75, 3.05) is 5.32 Å². The number of nitrogens with zero attached hydrogens (tertiary/aromatic N) is 1. The summed E-state index contributed by atoms with van der Waals surface area (Å²) in [5.41, 5.74) is 3.09. The van der Waals surface area contributed by atoms with Gasteiger partial charge in [0.15, 0.2) is 0 Å². The number of furan rings is 1. The SMILES string of the molecule is Cc1c(C(C)Nc2ccc(Br)nc2)oc2ccccc12. The molecule has 4 heteroatoms. The van der Waals surface area contributed by atoms with E-state index in [4.69, 9.17) is 4.42 Å². The van der Waals surface area contributed by atoms with Crippen molar-refractivity contribution in [2.45, 2.75) is 19.9 Å². The number of aryl methyl sites for hydroxylation is 1. The Morgan fingerprint density at radius 1 is 1.20 bits per heavy atom. The first-order chi connectivity index (χ1) is 9.65. The van der Waals surface area contributed by atoms with Crippen molar-refractivity contribution in [1.82, 2.24) is 4.98 Å². The monoisotopic (exact) mass is 330 g/mol. The molecule has 3 nitrogen and oxygen atoms in total. The maximum Gasteiger partial charge on any atom is 0.134 e. The van der Waals surface area contributed by atoms with Gasteiger partial charge in [-0.15, -0.1) is 0 Å². The van der Waals surface area contributed by atoms with Crippen LogP contribution >= 0.6 is 15.9 Å². The third-order valence-electron chi connectivity index (χ3n) is 3.38. The average Bonchev–Trinajstić information content (AvgIpc) is 2.79. The zero-order valence-corrected chi connectivity index (χ0v) is 12.9. The van der Waals surface area contributed by atoms with Crippen molar-refractivity contribution >= 4 is 32.6 Å². The van der Waals surface area contributed by atoms with Crippen molar-refractivity contribution in [1.29, 1.82) is 0 Å². The van der Waals surface area contributed by atoms with Crippen LogP contribution in [0.4, 0.5) is 5.69 Å². The van der Waals surface area contributed by atoms with Crippen LogP contribution in [0.15, 0.2) is 51.6 Å². The van der Waals surface area contributed by atoms with Crippen molar-refractivity contribution < 1.29 is 4.42 Å². The highest BCUT2D eigenvalue weighted by atomic mass is 79.9. The summed E-state index contributed by atoms with van der Waals surface area (Å²) in [6.45, 7) is 4.19. The normalized spacial score (nSPS) is 12.6. The Kier molecular flexibility index (Phi) is 3.49. The summed E-state index contributed by atoms with van der Waals surface area (Å²) in [5, 5.41) is 4.58. The van der Waals surface area contributed by atoms with E-state index in [1.807, 2.05) is 30.3 Å². The van der Waals surface area contributed by atoms with Crippen LogP contribution in [0.2, 0.25) is 0 Å². The number of nitrogens with one attached hydrogen (secondary N) is 1. The minimum Gasteiger partial charge on any atom is -0.459 e. The summed E-state index contributed by atoms with van der Waals surface area (Å²) in [6, 6.07) is 12.1. The lowest BCUT2D eigenvalue weighted by Crippen LogP contribution is -2.06. The lowest BCUT2D eigenvalue weighted by atomic mass is 10.1. The summed E-state index contributed by atoms with van der Waals surface area (Å²) in [7, 11) is 0. The second-order valence-electron chi connectivity index (χ2n) is 4.82. The molecule has 2 aromatic heterocycles. The van der Waals surface area contributed by atoms with E-state index in [9.17, 15) is 0 Å². The largest absolute Gasteiger partial charge is 0.459 e. The molecule has 1 N–H and O–H groups in total. The number of fused-ring (bicyclic) bond motifs is 1. The van der Waals surface area contributed by atoms with Gasteiger partial charge in [-0.1, -0.05) is 18.2 Å². The van der Waals surface area contributed by atoms with Crippen LogP contribution < -0.4 is 5.32 Å². The summed E-state index contributed by atoms with van der Waals surface area (Å²) in [4.78, 5) is 4.21. The minimum absolute atomic E-state index is 0.0883. The number of rotatable bonds is 3. The number of pyridine rings is 1. The molecule has 0 aliphatic carbocycles. The highest BCUT2D eigenvalue weighted by Crippen LogP contribution is 2.30. The Labute approximate surface area is 126 Å². The Bertz CT molecular complexity index is 734. The third kappa shape index (κ3) is 2.43. The van der Waals surface area contributed by atoms with Gasteiger partial charge < -0.3 is 9.73 Å². The molecular weight excluding hydrogens is 316 g/mol. The van der Waals surface area contributed by atoms with Gasteiger partial charge in [0, 0.05) is 10.9 Å². The van der Waals surface area contributed by atoms with Crippen molar-refractivity contribution in [2.24, 2.45) is 0 Å². The molecule has 2 heterocycles. The molecule has 20 heavy (non-hydrogen) atoms. The second-order valence-corrected chi connectivity index (χ2v) is 5.64. The summed E-state index contributed by atoms with van der Waals surface area (Å²) in [5.74, 6) is 0.967. The summed E-state index contributed by atoms with van der Waals surface area (Å²) >= 11 is 3.33. The summed E-state index contributed by atoms with van der Waals surface area (Å²) in [6.07, 6.45) is 1.80. The van der Waals surface area contributed by atoms with Gasteiger partial charge in [0.2, 0.25) is 0 Å². The molecule has 1 unspecified atom stereocenters. The fourth-order valence-electron chi connectivity index (χ4n) is 2.38. The van der Waals surface area contributed by atoms with E-state index in [-0.39, 0.29) is 6.04 Å². The number of anilines is 1. The van der Waals surface area contributed by atoms with E-state index in [0.717, 1.165) is 21.6 Å². The number of halogens is 1. The van der Waals surface area contributed by atoms with Crippen molar-refractivity contribution in [3.05, 3.63) is 58.5 Å². The van der Waals surface area contributed by atoms with E-state index in [1.165, 1.54) is 10.9 Å². The molecule has 0 spiro atoms. The molecule has 1 atom stereocenters. The number of hydrogen-bond acceptors (Lipinski definition) is 3. The van der Waals surface area contributed by atoms with E-state index in [0.29, 0.717) is 0 Å². The van der Waals surface area contributed by atoms with Gasteiger partial charge in [-0.25, -0.2) is 4.98 Å². The molecule has 0 saturated heterocycles. The van der Waals surface area contributed by atoms with Gasteiger partial charge in [0.25, 0.3) is 0 Å². The van der Waals surface area contributed by atoms with Crippen LogP contribution in [-0.4, -0.2) is 4.98 Å². The smallest absolute Gasteiger partial charge is 0.134 e. The van der Waals surface area contributed by atoms with Gasteiger partial charge in [0.05, 0.1) is 17.9 Å². The van der Waals surface area contributed by atoms with Crippen molar-refractivity contribution in [3.8, 4) is 0 Å². The Morgan fingerprint density at radius 2 is 2.00 bits per heavy atom. The zero-order valence-electron chi connectivity index (χ0n) is 11.4. The van der Waals surface area contributed by atoms with E-state index >= 15 is 0 Å². The van der Waals surface area contributed by atoms with Crippen LogP contribution in [0.5, 0.6) is 0 Å². The number of aromatic nitrogens is 1. The van der Waals surface area contributed by atoms with Crippen molar-refractivity contribution in [3.63, 3.8) is 0 Å². The van der Waals surface area contributed by atoms with Gasteiger partial charge in [0.1, 0.15) is 15.9 Å². The van der Waals surface area contributed by atoms with Crippen LogP contribution in [0.25, 0.3) is 11.0 Å². The van der Waals surface area contributed by atoms with Crippen LogP contribution in [0.1, 0.15) is 24.3 Å². The highest BCUT2D eigenvalue weighted by molar-refractivity contribution is 9.10. The van der Waals surface area contributed by atoms with Crippen LogP contribution in [0.3, 0.4) is 0 Å². The molecule has 1 aromatic carbocycles. The Hall–Kier alpha value is -1.81. The fourth-order valence-corrected chi connectivity index (χ4v) is 2.62. The van der Waals surface area contributed by atoms with E-state index < -0.39 is 0 Å². The Morgan fingerprint density at radius 3 is 2.70 bits per heavy atom. The quantitative estimate of drug-likeness (QED) is 0.681. The molecule has 0 fully saturated rings. The lowest BCUT2D eigenvalue weighted by Gasteiger charge is -2.13. The maximum absolute atomic E-state index is 5.96. The molecule has 0 bridgehead atoms. The predicted octanol–water partition coefficient (Wildman–Crippen LogP) is 5.07. The van der Waals surface area contributed by atoms with Gasteiger partial charge in [-0.05, 0) is 48.0 Å². The van der Waals surface area contributed by atoms with E-state index in [2.05, 4.69) is 46.1 Å². The molecule has 0 saturated carbocycles. The first kappa shape index (κ1) is 13.2.